The van der Waals surface area contributed by atoms with Gasteiger partial charge in [-0.15, -0.1) is 0 Å². The lowest BCUT2D eigenvalue weighted by Gasteiger charge is -2.22. The highest BCUT2D eigenvalue weighted by Gasteiger charge is 2.24. The summed E-state index contributed by atoms with van der Waals surface area (Å²) in [6.07, 6.45) is 3.92. The summed E-state index contributed by atoms with van der Waals surface area (Å²) >= 11 is 0. The third kappa shape index (κ3) is 3.97. The van der Waals surface area contributed by atoms with Crippen LogP contribution in [0.2, 0.25) is 0 Å². The highest BCUT2D eigenvalue weighted by Crippen LogP contribution is 2.30. The number of benzene rings is 1. The van der Waals surface area contributed by atoms with Gasteiger partial charge in [-0.3, -0.25) is 10.3 Å². The minimum absolute atomic E-state index is 0.0629. The fraction of sp³-hybridized carbons (Fsp3) is 0.562. The summed E-state index contributed by atoms with van der Waals surface area (Å²) in [7, 11) is 1.61. The molecule has 1 aliphatic rings. The molecule has 1 fully saturated rings. The van der Waals surface area contributed by atoms with Crippen LogP contribution in [0.1, 0.15) is 37.3 Å². The fourth-order valence-electron chi connectivity index (χ4n) is 2.54. The Balaban J connectivity index is 2.09. The summed E-state index contributed by atoms with van der Waals surface area (Å²) < 4.78 is 5.25. The number of nitrogens with zero attached hydrogens (tertiary/aromatic N) is 1. The van der Waals surface area contributed by atoms with E-state index >= 15 is 0 Å². The van der Waals surface area contributed by atoms with E-state index in [9.17, 15) is 0 Å². The van der Waals surface area contributed by atoms with Crippen molar-refractivity contribution in [1.29, 1.82) is 5.41 Å². The molecule has 4 nitrogen and oxygen atoms in total. The molecule has 1 saturated carbocycles. The zero-order valence-electron chi connectivity index (χ0n) is 12.5. The molecule has 0 amide bonds. The van der Waals surface area contributed by atoms with E-state index in [0.717, 1.165) is 19.0 Å². The predicted octanol–water partition coefficient (Wildman–Crippen LogP) is 2.60. The van der Waals surface area contributed by atoms with Crippen molar-refractivity contribution in [3.8, 4) is 5.75 Å². The molecule has 0 aromatic heterocycles. The van der Waals surface area contributed by atoms with Gasteiger partial charge in [0, 0.05) is 13.1 Å². The van der Waals surface area contributed by atoms with Crippen LogP contribution in [0.4, 0.5) is 0 Å². The van der Waals surface area contributed by atoms with Crippen LogP contribution < -0.4 is 10.5 Å². The van der Waals surface area contributed by atoms with Gasteiger partial charge in [-0.1, -0.05) is 13.0 Å². The minimum atomic E-state index is 0.0629. The highest BCUT2D eigenvalue weighted by molar-refractivity contribution is 5.97. The van der Waals surface area contributed by atoms with Gasteiger partial charge < -0.3 is 10.5 Å². The molecule has 0 atom stereocenters. The third-order valence-electron chi connectivity index (χ3n) is 3.71. The summed E-state index contributed by atoms with van der Waals surface area (Å²) in [6.45, 7) is 5.46. The van der Waals surface area contributed by atoms with E-state index in [1.165, 1.54) is 31.4 Å². The maximum absolute atomic E-state index is 7.65. The molecule has 0 saturated heterocycles. The molecule has 20 heavy (non-hydrogen) atoms. The van der Waals surface area contributed by atoms with Crippen LogP contribution in [-0.4, -0.2) is 30.9 Å². The molecular weight excluding hydrogens is 250 g/mol. The van der Waals surface area contributed by atoms with Crippen LogP contribution in [0.3, 0.4) is 0 Å². The van der Waals surface area contributed by atoms with Crippen LogP contribution in [-0.2, 0) is 6.54 Å². The predicted molar refractivity (Wildman–Crippen MR) is 82.3 cm³/mol. The second-order valence-corrected chi connectivity index (χ2v) is 5.63. The zero-order valence-corrected chi connectivity index (χ0v) is 12.5. The number of nitrogens with one attached hydrogen (secondary N) is 1. The van der Waals surface area contributed by atoms with Gasteiger partial charge in [-0.05, 0) is 49.4 Å². The first-order valence-corrected chi connectivity index (χ1v) is 7.37. The Morgan fingerprint density at radius 1 is 1.45 bits per heavy atom. The van der Waals surface area contributed by atoms with E-state index in [0.29, 0.717) is 11.3 Å². The summed E-state index contributed by atoms with van der Waals surface area (Å²) in [4.78, 5) is 2.50. The van der Waals surface area contributed by atoms with E-state index in [1.54, 1.807) is 7.11 Å². The van der Waals surface area contributed by atoms with E-state index < -0.39 is 0 Å². The van der Waals surface area contributed by atoms with Crippen molar-refractivity contribution in [1.82, 2.24) is 4.90 Å². The normalized spacial score (nSPS) is 14.6. The number of hydrogen-bond acceptors (Lipinski definition) is 3. The molecule has 0 heterocycles. The Kier molecular flexibility index (Phi) is 5.01. The van der Waals surface area contributed by atoms with Gasteiger partial charge in [-0.2, -0.15) is 0 Å². The highest BCUT2D eigenvalue weighted by atomic mass is 16.5. The average molecular weight is 275 g/mol. The average Bonchev–Trinajstić information content (AvgIpc) is 3.22. The van der Waals surface area contributed by atoms with E-state index in [1.807, 2.05) is 12.1 Å². The molecule has 0 bridgehead atoms. The van der Waals surface area contributed by atoms with Crippen LogP contribution in [0.5, 0.6) is 5.75 Å². The largest absolute Gasteiger partial charge is 0.496 e. The molecule has 110 valence electrons. The summed E-state index contributed by atoms with van der Waals surface area (Å²) in [5.41, 5.74) is 7.52. The van der Waals surface area contributed by atoms with Crippen molar-refractivity contribution in [3.63, 3.8) is 0 Å². The molecule has 1 aromatic rings. The van der Waals surface area contributed by atoms with Crippen molar-refractivity contribution in [2.24, 2.45) is 11.7 Å². The van der Waals surface area contributed by atoms with Crippen LogP contribution in [0, 0.1) is 11.3 Å². The van der Waals surface area contributed by atoms with E-state index in [-0.39, 0.29) is 5.84 Å². The first-order valence-electron chi connectivity index (χ1n) is 7.37. The Labute approximate surface area is 121 Å². The second-order valence-electron chi connectivity index (χ2n) is 5.63. The van der Waals surface area contributed by atoms with Crippen LogP contribution >= 0.6 is 0 Å². The van der Waals surface area contributed by atoms with E-state index in [4.69, 9.17) is 15.9 Å². The van der Waals surface area contributed by atoms with Crippen molar-refractivity contribution >= 4 is 5.84 Å². The monoisotopic (exact) mass is 275 g/mol. The number of amidine groups is 1. The van der Waals surface area contributed by atoms with Crippen molar-refractivity contribution in [2.75, 3.05) is 20.2 Å². The number of ether oxygens (including phenoxy) is 1. The molecule has 0 spiro atoms. The molecule has 1 aromatic carbocycles. The zero-order chi connectivity index (χ0) is 14.5. The Morgan fingerprint density at radius 3 is 2.75 bits per heavy atom. The molecule has 0 unspecified atom stereocenters. The Hall–Kier alpha value is -1.55. The second kappa shape index (κ2) is 6.75. The lowest BCUT2D eigenvalue weighted by Crippen LogP contribution is -2.26. The maximum atomic E-state index is 7.65. The van der Waals surface area contributed by atoms with Gasteiger partial charge >= 0.3 is 0 Å². The summed E-state index contributed by atoms with van der Waals surface area (Å²) in [5, 5.41) is 7.65. The number of nitrogen functional groups attached to an aromatic ring is 1. The van der Waals surface area contributed by atoms with Gasteiger partial charge in [0.2, 0.25) is 0 Å². The van der Waals surface area contributed by atoms with Crippen LogP contribution in [0.25, 0.3) is 0 Å². The lowest BCUT2D eigenvalue weighted by molar-refractivity contribution is 0.255. The first kappa shape index (κ1) is 14.9. The maximum Gasteiger partial charge on any atom is 0.129 e. The molecule has 2 rings (SSSR count). The van der Waals surface area contributed by atoms with Crippen molar-refractivity contribution in [3.05, 3.63) is 29.3 Å². The third-order valence-corrected chi connectivity index (χ3v) is 3.71. The summed E-state index contributed by atoms with van der Waals surface area (Å²) in [6, 6.07) is 5.96. The quantitative estimate of drug-likeness (QED) is 0.566. The first-order chi connectivity index (χ1) is 9.63. The molecule has 3 N–H and O–H groups in total. The minimum Gasteiger partial charge on any atom is -0.496 e. The molecule has 0 aliphatic heterocycles. The Bertz CT molecular complexity index is 469. The number of methoxy groups -OCH3 is 1. The standard InChI is InChI=1S/C16H25N3O/c1-3-8-19(10-12-4-5-12)11-13-6-7-15(20-2)14(9-13)16(17)18/h6-7,9,12H,3-5,8,10-11H2,1-2H3,(H3,17,18). The number of hydrogen-bond donors (Lipinski definition) is 2. The molecule has 4 heteroatoms. The number of rotatable bonds is 8. The van der Waals surface area contributed by atoms with E-state index in [2.05, 4.69) is 17.9 Å². The van der Waals surface area contributed by atoms with Crippen LogP contribution in [0.15, 0.2) is 18.2 Å². The smallest absolute Gasteiger partial charge is 0.129 e. The molecule has 1 aliphatic carbocycles. The topological polar surface area (TPSA) is 62.3 Å². The SMILES string of the molecule is CCCN(Cc1ccc(OC)c(C(=N)N)c1)CC1CC1. The number of nitrogens with two attached hydrogens (primary N) is 1. The molecule has 0 radical (unpaired) electrons. The van der Waals surface area contributed by atoms with Crippen molar-refractivity contribution < 1.29 is 4.74 Å². The Morgan fingerprint density at radius 2 is 2.20 bits per heavy atom. The van der Waals surface area contributed by atoms with Gasteiger partial charge in [-0.25, -0.2) is 0 Å². The van der Waals surface area contributed by atoms with Gasteiger partial charge in [0.05, 0.1) is 12.7 Å². The van der Waals surface area contributed by atoms with Gasteiger partial charge in [0.25, 0.3) is 0 Å². The fourth-order valence-corrected chi connectivity index (χ4v) is 2.54. The summed E-state index contributed by atoms with van der Waals surface area (Å²) in [5.74, 6) is 1.63. The van der Waals surface area contributed by atoms with Gasteiger partial charge in [0.15, 0.2) is 0 Å². The van der Waals surface area contributed by atoms with Crippen molar-refractivity contribution in [2.45, 2.75) is 32.7 Å². The lowest BCUT2D eigenvalue weighted by atomic mass is 10.1. The van der Waals surface area contributed by atoms with Gasteiger partial charge in [0.1, 0.15) is 11.6 Å². The molecular formula is C16H25N3O.